The highest BCUT2D eigenvalue weighted by atomic mass is 32.2. The highest BCUT2D eigenvalue weighted by Gasteiger charge is 2.21. The van der Waals surface area contributed by atoms with Gasteiger partial charge in [-0.1, -0.05) is 61.5 Å². The third-order valence-corrected chi connectivity index (χ3v) is 6.07. The SMILES string of the molecule is CC[C@@H](C)c1ccccc1NC(=O)[C@@H](C)Sc1nnnn1-c1ccc(C)cc1C. The van der Waals surface area contributed by atoms with Crippen LogP contribution < -0.4 is 5.32 Å². The second-order valence-electron chi connectivity index (χ2n) is 7.31. The minimum Gasteiger partial charge on any atom is -0.325 e. The van der Waals surface area contributed by atoms with Crippen molar-refractivity contribution in [3.05, 3.63) is 59.2 Å². The van der Waals surface area contributed by atoms with Crippen LogP contribution in [0.1, 0.15) is 49.8 Å². The fourth-order valence-electron chi connectivity index (χ4n) is 3.15. The van der Waals surface area contributed by atoms with Crippen molar-refractivity contribution in [2.24, 2.45) is 0 Å². The Balaban J connectivity index is 1.76. The number of nitrogens with zero attached hydrogens (tertiary/aromatic N) is 4. The molecule has 1 heterocycles. The van der Waals surface area contributed by atoms with Crippen LogP contribution in [0, 0.1) is 13.8 Å². The van der Waals surface area contributed by atoms with Gasteiger partial charge in [0.05, 0.1) is 10.9 Å². The van der Waals surface area contributed by atoms with Crippen LogP contribution in [0.2, 0.25) is 0 Å². The van der Waals surface area contributed by atoms with E-state index in [2.05, 4.69) is 53.7 Å². The number of benzene rings is 2. The molecule has 0 aliphatic heterocycles. The first-order valence-corrected chi connectivity index (χ1v) is 10.7. The predicted molar refractivity (Wildman–Crippen MR) is 118 cm³/mol. The first-order valence-electron chi connectivity index (χ1n) is 9.83. The van der Waals surface area contributed by atoms with Crippen LogP contribution in [0.25, 0.3) is 5.69 Å². The molecule has 0 unspecified atom stereocenters. The van der Waals surface area contributed by atoms with E-state index in [1.807, 2.05) is 44.2 Å². The standard InChI is InChI=1S/C22H27N5OS/c1-6-15(3)18-9-7-8-10-19(18)23-21(28)17(5)29-22-24-25-26-27(22)20-12-11-14(2)13-16(20)4/h7-13,15,17H,6H2,1-5H3,(H,23,28)/t15-,17-/m1/s1. The van der Waals surface area contributed by atoms with Gasteiger partial charge in [0, 0.05) is 5.69 Å². The Morgan fingerprint density at radius 3 is 2.66 bits per heavy atom. The molecule has 0 saturated heterocycles. The molecule has 1 aromatic heterocycles. The Morgan fingerprint density at radius 2 is 1.93 bits per heavy atom. The molecule has 152 valence electrons. The van der Waals surface area contributed by atoms with Crippen molar-refractivity contribution in [3.63, 3.8) is 0 Å². The Labute approximate surface area is 176 Å². The summed E-state index contributed by atoms with van der Waals surface area (Å²) in [6, 6.07) is 14.1. The van der Waals surface area contributed by atoms with Crippen LogP contribution in [0.3, 0.4) is 0 Å². The van der Waals surface area contributed by atoms with E-state index >= 15 is 0 Å². The number of hydrogen-bond acceptors (Lipinski definition) is 5. The van der Waals surface area contributed by atoms with Gasteiger partial charge in [0.15, 0.2) is 0 Å². The van der Waals surface area contributed by atoms with Crippen molar-refractivity contribution >= 4 is 23.4 Å². The third-order valence-electron chi connectivity index (χ3n) is 5.03. The third kappa shape index (κ3) is 4.85. The molecule has 0 fully saturated rings. The first-order chi connectivity index (χ1) is 13.9. The smallest absolute Gasteiger partial charge is 0.237 e. The number of amides is 1. The summed E-state index contributed by atoms with van der Waals surface area (Å²) in [7, 11) is 0. The summed E-state index contributed by atoms with van der Waals surface area (Å²) in [5.41, 5.74) is 5.20. The maximum Gasteiger partial charge on any atom is 0.237 e. The van der Waals surface area contributed by atoms with E-state index in [9.17, 15) is 4.79 Å². The van der Waals surface area contributed by atoms with Crippen molar-refractivity contribution in [2.45, 2.75) is 57.4 Å². The molecule has 0 radical (unpaired) electrons. The molecule has 1 N–H and O–H groups in total. The summed E-state index contributed by atoms with van der Waals surface area (Å²) in [5, 5.41) is 15.4. The van der Waals surface area contributed by atoms with Crippen molar-refractivity contribution < 1.29 is 4.79 Å². The molecule has 3 aromatic rings. The van der Waals surface area contributed by atoms with Gasteiger partial charge in [-0.25, -0.2) is 0 Å². The van der Waals surface area contributed by atoms with Gasteiger partial charge in [0.2, 0.25) is 11.1 Å². The molecule has 0 aliphatic rings. The average Bonchev–Trinajstić information content (AvgIpc) is 3.15. The summed E-state index contributed by atoms with van der Waals surface area (Å²) < 4.78 is 1.69. The predicted octanol–water partition coefficient (Wildman–Crippen LogP) is 4.91. The van der Waals surface area contributed by atoms with Gasteiger partial charge in [-0.05, 0) is 66.8 Å². The van der Waals surface area contributed by atoms with Gasteiger partial charge < -0.3 is 5.32 Å². The molecule has 3 rings (SSSR count). The van der Waals surface area contributed by atoms with E-state index in [0.29, 0.717) is 11.1 Å². The quantitative estimate of drug-likeness (QED) is 0.561. The lowest BCUT2D eigenvalue weighted by atomic mass is 9.97. The number of rotatable bonds is 7. The molecule has 7 heteroatoms. The van der Waals surface area contributed by atoms with E-state index in [1.54, 1.807) is 4.68 Å². The fourth-order valence-corrected chi connectivity index (χ4v) is 3.95. The molecule has 1 amide bonds. The van der Waals surface area contributed by atoms with Crippen LogP contribution >= 0.6 is 11.8 Å². The van der Waals surface area contributed by atoms with Gasteiger partial charge in [-0.15, -0.1) is 5.10 Å². The zero-order chi connectivity index (χ0) is 21.0. The van der Waals surface area contributed by atoms with E-state index in [4.69, 9.17) is 0 Å². The van der Waals surface area contributed by atoms with E-state index in [-0.39, 0.29) is 11.2 Å². The lowest BCUT2D eigenvalue weighted by Gasteiger charge is -2.17. The Kier molecular flexibility index (Phi) is 6.69. The van der Waals surface area contributed by atoms with Gasteiger partial charge in [0.25, 0.3) is 0 Å². The van der Waals surface area contributed by atoms with Crippen LogP contribution in [-0.2, 0) is 4.79 Å². The summed E-state index contributed by atoms with van der Waals surface area (Å²) in [5.74, 6) is 0.312. The van der Waals surface area contributed by atoms with Crippen molar-refractivity contribution in [3.8, 4) is 5.69 Å². The molecule has 2 atom stereocenters. The second-order valence-corrected chi connectivity index (χ2v) is 8.62. The first kappa shape index (κ1) is 21.0. The van der Waals surface area contributed by atoms with Gasteiger partial charge >= 0.3 is 0 Å². The number of tetrazole rings is 1. The molecular formula is C22H27N5OS. The normalized spacial score (nSPS) is 13.1. The number of anilines is 1. The summed E-state index contributed by atoms with van der Waals surface area (Å²) in [4.78, 5) is 12.9. The monoisotopic (exact) mass is 409 g/mol. The average molecular weight is 410 g/mol. The van der Waals surface area contributed by atoms with Crippen LogP contribution in [0.5, 0.6) is 0 Å². The minimum absolute atomic E-state index is 0.0686. The topological polar surface area (TPSA) is 72.7 Å². The number of carbonyl (C=O) groups is 1. The van der Waals surface area contributed by atoms with Crippen molar-refractivity contribution in [1.82, 2.24) is 20.2 Å². The number of hydrogen-bond donors (Lipinski definition) is 1. The number of carbonyl (C=O) groups excluding carboxylic acids is 1. The number of aromatic nitrogens is 4. The highest BCUT2D eigenvalue weighted by molar-refractivity contribution is 8.00. The maximum atomic E-state index is 12.9. The zero-order valence-corrected chi connectivity index (χ0v) is 18.3. The lowest BCUT2D eigenvalue weighted by Crippen LogP contribution is -2.23. The lowest BCUT2D eigenvalue weighted by molar-refractivity contribution is -0.115. The molecule has 29 heavy (non-hydrogen) atoms. The minimum atomic E-state index is -0.351. The van der Waals surface area contributed by atoms with E-state index < -0.39 is 0 Å². The van der Waals surface area contributed by atoms with Crippen LogP contribution in [0.15, 0.2) is 47.6 Å². The highest BCUT2D eigenvalue weighted by Crippen LogP contribution is 2.29. The number of thioether (sulfide) groups is 1. The Hall–Kier alpha value is -2.67. The van der Waals surface area contributed by atoms with Crippen molar-refractivity contribution in [1.29, 1.82) is 0 Å². The zero-order valence-electron chi connectivity index (χ0n) is 17.5. The second kappa shape index (κ2) is 9.22. The van der Waals surface area contributed by atoms with E-state index in [1.165, 1.54) is 17.3 Å². The Morgan fingerprint density at radius 1 is 1.17 bits per heavy atom. The Bertz CT molecular complexity index is 1000. The molecule has 0 aliphatic carbocycles. The van der Waals surface area contributed by atoms with Crippen LogP contribution in [-0.4, -0.2) is 31.4 Å². The molecule has 6 nitrogen and oxygen atoms in total. The largest absolute Gasteiger partial charge is 0.325 e. The molecule has 0 saturated carbocycles. The maximum absolute atomic E-state index is 12.9. The number of aryl methyl sites for hydroxylation is 2. The van der Waals surface area contributed by atoms with Crippen molar-refractivity contribution in [2.75, 3.05) is 5.32 Å². The number of para-hydroxylation sites is 1. The molecule has 0 spiro atoms. The summed E-state index contributed by atoms with van der Waals surface area (Å²) in [6.07, 6.45) is 1.02. The molecule has 0 bridgehead atoms. The van der Waals surface area contributed by atoms with Gasteiger partial charge in [-0.3, -0.25) is 4.79 Å². The van der Waals surface area contributed by atoms with Gasteiger partial charge in [-0.2, -0.15) is 4.68 Å². The molecule has 2 aromatic carbocycles. The van der Waals surface area contributed by atoms with E-state index in [0.717, 1.165) is 28.9 Å². The fraction of sp³-hybridized carbons (Fsp3) is 0.364. The van der Waals surface area contributed by atoms with Crippen LogP contribution in [0.4, 0.5) is 5.69 Å². The summed E-state index contributed by atoms with van der Waals surface area (Å²) >= 11 is 1.35. The molecular weight excluding hydrogens is 382 g/mol. The van der Waals surface area contributed by atoms with Gasteiger partial charge in [0.1, 0.15) is 0 Å². The summed E-state index contributed by atoms with van der Waals surface area (Å²) in [6.45, 7) is 10.3. The number of nitrogens with one attached hydrogen (secondary N) is 1.